The highest BCUT2D eigenvalue weighted by Crippen LogP contribution is 2.17. The van der Waals surface area contributed by atoms with Crippen molar-refractivity contribution < 1.29 is 9.94 Å². The van der Waals surface area contributed by atoms with E-state index in [9.17, 15) is 0 Å². The van der Waals surface area contributed by atoms with Crippen LogP contribution in [-0.2, 0) is 0 Å². The summed E-state index contributed by atoms with van der Waals surface area (Å²) in [6, 6.07) is 3.70. The van der Waals surface area contributed by atoms with Crippen molar-refractivity contribution in [3.05, 3.63) is 18.3 Å². The average Bonchev–Trinajstić information content (AvgIpc) is 2.35. The minimum absolute atomic E-state index is 0.216. The molecule has 1 aromatic rings. The van der Waals surface area contributed by atoms with Crippen LogP contribution in [0.25, 0.3) is 0 Å². The van der Waals surface area contributed by atoms with Crippen LogP contribution in [0.2, 0.25) is 0 Å². The molecule has 0 aromatic carbocycles. The molecule has 16 heavy (non-hydrogen) atoms. The number of nitrogens with two attached hydrogens (primary N) is 1. The summed E-state index contributed by atoms with van der Waals surface area (Å²) in [6.07, 6.45) is 2.17. The molecular weight excluding hydrogens is 208 g/mol. The van der Waals surface area contributed by atoms with Crippen molar-refractivity contribution in [1.82, 2.24) is 4.98 Å². The third-order valence-electron chi connectivity index (χ3n) is 2.20. The first-order valence-electron chi connectivity index (χ1n) is 4.85. The fourth-order valence-electron chi connectivity index (χ4n) is 1.21. The molecular formula is C10H16N4O2. The number of nitrogens with zero attached hydrogens (tertiary/aromatic N) is 3. The molecule has 1 rings (SSSR count). The molecule has 0 fully saturated rings. The standard InChI is InChI=1S/C10H16N4O2/c1-14(6-4-9(11)13-15)8-3-5-12-10(7-8)16-2/h3,5,7,15H,4,6H2,1-2H3,(H2,11,13). The van der Waals surface area contributed by atoms with Crippen molar-refractivity contribution in [1.29, 1.82) is 0 Å². The van der Waals surface area contributed by atoms with Crippen molar-refractivity contribution in [2.45, 2.75) is 6.42 Å². The van der Waals surface area contributed by atoms with Crippen LogP contribution in [0.3, 0.4) is 0 Å². The van der Waals surface area contributed by atoms with Gasteiger partial charge in [0, 0.05) is 38.0 Å². The lowest BCUT2D eigenvalue weighted by Gasteiger charge is -2.18. The maximum absolute atomic E-state index is 8.41. The minimum Gasteiger partial charge on any atom is -0.481 e. The number of aromatic nitrogens is 1. The van der Waals surface area contributed by atoms with Crippen LogP contribution in [0.15, 0.2) is 23.5 Å². The number of methoxy groups -OCH3 is 1. The van der Waals surface area contributed by atoms with E-state index in [4.69, 9.17) is 15.7 Å². The molecule has 6 heteroatoms. The van der Waals surface area contributed by atoms with Gasteiger partial charge in [-0.2, -0.15) is 0 Å². The molecule has 88 valence electrons. The van der Waals surface area contributed by atoms with Gasteiger partial charge in [0.15, 0.2) is 0 Å². The van der Waals surface area contributed by atoms with E-state index in [0.717, 1.165) is 5.69 Å². The summed E-state index contributed by atoms with van der Waals surface area (Å²) in [5.74, 6) is 0.779. The molecule has 0 aliphatic rings. The minimum atomic E-state index is 0.216. The summed E-state index contributed by atoms with van der Waals surface area (Å²) in [6.45, 7) is 0.656. The maximum atomic E-state index is 8.41. The molecule has 6 nitrogen and oxygen atoms in total. The van der Waals surface area contributed by atoms with Crippen LogP contribution in [0.4, 0.5) is 5.69 Å². The van der Waals surface area contributed by atoms with Crippen molar-refractivity contribution in [3.8, 4) is 5.88 Å². The zero-order valence-electron chi connectivity index (χ0n) is 9.42. The highest BCUT2D eigenvalue weighted by Gasteiger charge is 2.04. The second-order valence-corrected chi connectivity index (χ2v) is 3.32. The SMILES string of the molecule is COc1cc(N(C)CC/C(N)=N/O)ccn1. The largest absolute Gasteiger partial charge is 0.481 e. The van der Waals surface area contributed by atoms with Crippen LogP contribution in [-0.4, -0.2) is 36.7 Å². The lowest BCUT2D eigenvalue weighted by atomic mass is 10.3. The van der Waals surface area contributed by atoms with Gasteiger partial charge in [-0.15, -0.1) is 0 Å². The Bertz CT molecular complexity index is 368. The van der Waals surface area contributed by atoms with Crippen molar-refractivity contribution in [3.63, 3.8) is 0 Å². The van der Waals surface area contributed by atoms with Crippen LogP contribution in [0.5, 0.6) is 5.88 Å². The number of rotatable bonds is 5. The normalized spacial score (nSPS) is 11.2. The number of pyridine rings is 1. The van der Waals surface area contributed by atoms with Crippen LogP contribution < -0.4 is 15.4 Å². The Balaban J connectivity index is 2.61. The predicted octanol–water partition coefficient (Wildman–Crippen LogP) is 0.663. The van der Waals surface area contributed by atoms with Gasteiger partial charge in [-0.05, 0) is 6.07 Å². The van der Waals surface area contributed by atoms with Gasteiger partial charge in [0.1, 0.15) is 5.84 Å². The van der Waals surface area contributed by atoms with Crippen molar-refractivity contribution >= 4 is 11.5 Å². The van der Waals surface area contributed by atoms with E-state index in [2.05, 4.69) is 10.1 Å². The van der Waals surface area contributed by atoms with E-state index in [1.54, 1.807) is 13.3 Å². The summed E-state index contributed by atoms with van der Waals surface area (Å²) >= 11 is 0. The topological polar surface area (TPSA) is 84.0 Å². The number of amidine groups is 1. The van der Waals surface area contributed by atoms with Gasteiger partial charge in [-0.3, -0.25) is 0 Å². The van der Waals surface area contributed by atoms with Gasteiger partial charge >= 0.3 is 0 Å². The molecule has 0 atom stereocenters. The first-order chi connectivity index (χ1) is 7.67. The van der Waals surface area contributed by atoms with Gasteiger partial charge < -0.3 is 20.6 Å². The Morgan fingerprint density at radius 1 is 1.69 bits per heavy atom. The third-order valence-corrected chi connectivity index (χ3v) is 2.20. The second kappa shape index (κ2) is 5.79. The zero-order chi connectivity index (χ0) is 12.0. The van der Waals surface area contributed by atoms with E-state index < -0.39 is 0 Å². The Morgan fingerprint density at radius 3 is 3.06 bits per heavy atom. The van der Waals surface area contributed by atoms with E-state index in [-0.39, 0.29) is 5.84 Å². The van der Waals surface area contributed by atoms with E-state index in [1.807, 2.05) is 24.1 Å². The number of hydrogen-bond acceptors (Lipinski definition) is 5. The van der Waals surface area contributed by atoms with Crippen molar-refractivity contribution in [2.24, 2.45) is 10.9 Å². The van der Waals surface area contributed by atoms with Gasteiger partial charge in [0.2, 0.25) is 5.88 Å². The van der Waals surface area contributed by atoms with E-state index >= 15 is 0 Å². The summed E-state index contributed by atoms with van der Waals surface area (Å²) in [4.78, 5) is 5.99. The van der Waals surface area contributed by atoms with E-state index in [1.165, 1.54) is 0 Å². The van der Waals surface area contributed by atoms with Crippen LogP contribution >= 0.6 is 0 Å². The molecule has 3 N–H and O–H groups in total. The predicted molar refractivity (Wildman–Crippen MR) is 62.1 cm³/mol. The van der Waals surface area contributed by atoms with Gasteiger partial charge in [-0.1, -0.05) is 5.16 Å². The fraction of sp³-hybridized carbons (Fsp3) is 0.400. The van der Waals surface area contributed by atoms with Gasteiger partial charge in [0.25, 0.3) is 0 Å². The molecule has 0 bridgehead atoms. The monoisotopic (exact) mass is 224 g/mol. The zero-order valence-corrected chi connectivity index (χ0v) is 9.42. The Morgan fingerprint density at radius 2 is 2.44 bits per heavy atom. The number of oxime groups is 1. The number of hydrogen-bond donors (Lipinski definition) is 2. The number of ether oxygens (including phenoxy) is 1. The second-order valence-electron chi connectivity index (χ2n) is 3.32. The molecule has 0 radical (unpaired) electrons. The van der Waals surface area contributed by atoms with Gasteiger partial charge in [-0.25, -0.2) is 4.98 Å². The van der Waals surface area contributed by atoms with Crippen LogP contribution in [0.1, 0.15) is 6.42 Å². The first-order valence-corrected chi connectivity index (χ1v) is 4.85. The highest BCUT2D eigenvalue weighted by molar-refractivity contribution is 5.80. The van der Waals surface area contributed by atoms with Gasteiger partial charge in [0.05, 0.1) is 7.11 Å². The lowest BCUT2D eigenvalue weighted by molar-refractivity contribution is 0.317. The Kier molecular flexibility index (Phi) is 4.38. The van der Waals surface area contributed by atoms with E-state index in [0.29, 0.717) is 18.8 Å². The molecule has 0 aliphatic heterocycles. The quantitative estimate of drug-likeness (QED) is 0.332. The highest BCUT2D eigenvalue weighted by atomic mass is 16.5. The molecule has 0 spiro atoms. The molecule has 0 saturated heterocycles. The molecule has 0 amide bonds. The summed E-state index contributed by atoms with van der Waals surface area (Å²) in [5, 5.41) is 11.3. The van der Waals surface area contributed by atoms with Crippen LogP contribution in [0, 0.1) is 0 Å². The molecule has 1 heterocycles. The third kappa shape index (κ3) is 3.30. The summed E-state index contributed by atoms with van der Waals surface area (Å²) < 4.78 is 5.03. The molecule has 0 unspecified atom stereocenters. The Labute approximate surface area is 94.3 Å². The van der Waals surface area contributed by atoms with Crippen molar-refractivity contribution in [2.75, 3.05) is 25.6 Å². The smallest absolute Gasteiger partial charge is 0.214 e. The maximum Gasteiger partial charge on any atom is 0.214 e. The summed E-state index contributed by atoms with van der Waals surface area (Å²) in [7, 11) is 3.49. The Hall–Kier alpha value is -1.98. The first kappa shape index (κ1) is 12.1. The molecule has 0 aliphatic carbocycles. The summed E-state index contributed by atoms with van der Waals surface area (Å²) in [5.41, 5.74) is 6.36. The average molecular weight is 224 g/mol. The molecule has 0 saturated carbocycles. The number of anilines is 1. The fourth-order valence-corrected chi connectivity index (χ4v) is 1.21. The lowest BCUT2D eigenvalue weighted by Crippen LogP contribution is -2.24. The molecule has 1 aromatic heterocycles.